The number of hydrogen-bond donors (Lipinski definition) is 1. The fourth-order valence-corrected chi connectivity index (χ4v) is 1.81. The van der Waals surface area contributed by atoms with E-state index in [1.165, 1.54) is 6.92 Å². The Morgan fingerprint density at radius 1 is 1.22 bits per heavy atom. The third-order valence-electron chi connectivity index (χ3n) is 2.48. The molecule has 0 bridgehead atoms. The van der Waals surface area contributed by atoms with Crippen molar-refractivity contribution >= 4 is 23.2 Å². The van der Waals surface area contributed by atoms with Gasteiger partial charge in [-0.1, -0.05) is 25.0 Å². The fraction of sp³-hybridized carbons (Fsp3) is 0.500. The number of halogens is 1. The molecule has 0 fully saturated rings. The Labute approximate surface area is 113 Å². The lowest BCUT2D eigenvalue weighted by molar-refractivity contribution is -0.114. The van der Waals surface area contributed by atoms with Crippen molar-refractivity contribution in [2.45, 2.75) is 32.6 Å². The molecule has 0 atom stereocenters. The van der Waals surface area contributed by atoms with Gasteiger partial charge < -0.3 is 10.1 Å². The summed E-state index contributed by atoms with van der Waals surface area (Å²) < 4.78 is 5.67. The first-order valence-electron chi connectivity index (χ1n) is 6.29. The van der Waals surface area contributed by atoms with Crippen LogP contribution in [0.3, 0.4) is 0 Å². The number of ether oxygens (including phenoxy) is 1. The van der Waals surface area contributed by atoms with Gasteiger partial charge in [-0.2, -0.15) is 0 Å². The predicted octanol–water partition coefficient (Wildman–Crippen LogP) is 3.82. The van der Waals surface area contributed by atoms with Crippen molar-refractivity contribution in [2.75, 3.05) is 17.8 Å². The minimum Gasteiger partial charge on any atom is -0.491 e. The lowest BCUT2D eigenvalue weighted by Crippen LogP contribution is -2.08. The van der Waals surface area contributed by atoms with Crippen LogP contribution in [0.1, 0.15) is 32.6 Å². The maximum atomic E-state index is 11.0. The number of hydrogen-bond acceptors (Lipinski definition) is 2. The molecule has 0 aliphatic rings. The summed E-state index contributed by atoms with van der Waals surface area (Å²) in [5.74, 6) is 1.37. The van der Waals surface area contributed by atoms with Gasteiger partial charge in [0.1, 0.15) is 5.75 Å². The van der Waals surface area contributed by atoms with Gasteiger partial charge >= 0.3 is 0 Å². The van der Waals surface area contributed by atoms with Crippen LogP contribution >= 0.6 is 11.6 Å². The number of anilines is 1. The normalized spacial score (nSPS) is 10.1. The van der Waals surface area contributed by atoms with E-state index >= 15 is 0 Å². The number of rotatable bonds is 8. The number of carbonyl (C=O) groups is 1. The van der Waals surface area contributed by atoms with Gasteiger partial charge in [0.25, 0.3) is 0 Å². The Morgan fingerprint density at radius 2 is 1.94 bits per heavy atom. The molecule has 100 valence electrons. The van der Waals surface area contributed by atoms with Crippen molar-refractivity contribution in [3.05, 3.63) is 24.3 Å². The molecule has 0 radical (unpaired) electrons. The summed E-state index contributed by atoms with van der Waals surface area (Å²) >= 11 is 5.61. The Morgan fingerprint density at radius 3 is 2.67 bits per heavy atom. The van der Waals surface area contributed by atoms with E-state index in [1.807, 2.05) is 24.3 Å². The van der Waals surface area contributed by atoms with Gasteiger partial charge in [-0.15, -0.1) is 11.6 Å². The van der Waals surface area contributed by atoms with Gasteiger partial charge in [-0.25, -0.2) is 0 Å². The molecule has 1 amide bonds. The Balaban J connectivity index is 2.34. The summed E-state index contributed by atoms with van der Waals surface area (Å²) in [6, 6.07) is 7.47. The highest BCUT2D eigenvalue weighted by molar-refractivity contribution is 6.17. The van der Waals surface area contributed by atoms with Crippen LogP contribution in [0.5, 0.6) is 5.75 Å². The van der Waals surface area contributed by atoms with Gasteiger partial charge in [0.05, 0.1) is 12.3 Å². The van der Waals surface area contributed by atoms with Gasteiger partial charge in [-0.05, 0) is 25.0 Å². The molecule has 3 nitrogen and oxygen atoms in total. The molecule has 0 saturated heterocycles. The predicted molar refractivity (Wildman–Crippen MR) is 75.4 cm³/mol. The molecule has 0 heterocycles. The second-order valence-electron chi connectivity index (χ2n) is 4.13. The molecule has 0 spiro atoms. The van der Waals surface area contributed by atoms with Gasteiger partial charge in [-0.3, -0.25) is 4.79 Å². The van der Waals surface area contributed by atoms with E-state index in [1.54, 1.807) is 0 Å². The van der Waals surface area contributed by atoms with Crippen LogP contribution in [0, 0.1) is 0 Å². The van der Waals surface area contributed by atoms with E-state index < -0.39 is 0 Å². The quantitative estimate of drug-likeness (QED) is 0.575. The zero-order valence-electron chi connectivity index (χ0n) is 10.7. The zero-order chi connectivity index (χ0) is 13.2. The summed E-state index contributed by atoms with van der Waals surface area (Å²) in [6.07, 6.45) is 4.32. The first-order valence-corrected chi connectivity index (χ1v) is 6.83. The molecule has 4 heteroatoms. The standard InChI is InChI=1S/C14H20ClNO2/c1-12(17)16-13-8-4-5-9-14(13)18-11-7-3-2-6-10-15/h4-5,8-9H,2-3,6-7,10-11H2,1H3,(H,16,17). The van der Waals surface area contributed by atoms with Gasteiger partial charge in [0.2, 0.25) is 5.91 Å². The Kier molecular flexibility index (Phi) is 7.26. The molecule has 0 saturated carbocycles. The van der Waals surface area contributed by atoms with Crippen LogP contribution in [0.25, 0.3) is 0 Å². The van der Waals surface area contributed by atoms with E-state index in [0.29, 0.717) is 6.61 Å². The van der Waals surface area contributed by atoms with Crippen LogP contribution in [0.15, 0.2) is 24.3 Å². The van der Waals surface area contributed by atoms with Crippen molar-refractivity contribution in [1.29, 1.82) is 0 Å². The lowest BCUT2D eigenvalue weighted by atomic mass is 10.2. The molecule has 0 aliphatic heterocycles. The molecule has 1 aromatic rings. The summed E-state index contributed by atoms with van der Waals surface area (Å²) in [5, 5.41) is 2.75. The van der Waals surface area contributed by atoms with E-state index in [2.05, 4.69) is 5.32 Å². The van der Waals surface area contributed by atoms with Crippen LogP contribution in [0.2, 0.25) is 0 Å². The highest BCUT2D eigenvalue weighted by Crippen LogP contribution is 2.23. The van der Waals surface area contributed by atoms with Crippen molar-refractivity contribution in [1.82, 2.24) is 0 Å². The van der Waals surface area contributed by atoms with Crippen LogP contribution < -0.4 is 10.1 Å². The number of alkyl halides is 1. The molecule has 0 unspecified atom stereocenters. The van der Waals surface area contributed by atoms with E-state index in [0.717, 1.165) is 43.0 Å². The highest BCUT2D eigenvalue weighted by atomic mass is 35.5. The highest BCUT2D eigenvalue weighted by Gasteiger charge is 2.03. The number of amides is 1. The molecular weight excluding hydrogens is 250 g/mol. The molecular formula is C14H20ClNO2. The summed E-state index contributed by atoms with van der Waals surface area (Å²) in [5.41, 5.74) is 0.728. The minimum absolute atomic E-state index is 0.0897. The number of para-hydroxylation sites is 2. The molecule has 0 aliphatic carbocycles. The molecule has 1 aromatic carbocycles. The second-order valence-corrected chi connectivity index (χ2v) is 4.51. The lowest BCUT2D eigenvalue weighted by Gasteiger charge is -2.11. The number of benzene rings is 1. The molecule has 1 rings (SSSR count). The van der Waals surface area contributed by atoms with Gasteiger partial charge in [0, 0.05) is 12.8 Å². The first kappa shape index (κ1) is 14.8. The minimum atomic E-state index is -0.0897. The van der Waals surface area contributed by atoms with Crippen molar-refractivity contribution in [3.63, 3.8) is 0 Å². The SMILES string of the molecule is CC(=O)Nc1ccccc1OCCCCCCCl. The number of nitrogens with one attached hydrogen (secondary N) is 1. The third-order valence-corrected chi connectivity index (χ3v) is 2.75. The second kappa shape index (κ2) is 8.81. The largest absolute Gasteiger partial charge is 0.491 e. The molecule has 0 aromatic heterocycles. The van der Waals surface area contributed by atoms with Crippen LogP contribution in [-0.2, 0) is 4.79 Å². The van der Waals surface area contributed by atoms with Crippen LogP contribution in [0.4, 0.5) is 5.69 Å². The maximum absolute atomic E-state index is 11.0. The number of unbranched alkanes of at least 4 members (excludes halogenated alkanes) is 3. The average molecular weight is 270 g/mol. The maximum Gasteiger partial charge on any atom is 0.221 e. The summed E-state index contributed by atoms with van der Waals surface area (Å²) in [7, 11) is 0. The summed E-state index contributed by atoms with van der Waals surface area (Å²) in [4.78, 5) is 11.0. The monoisotopic (exact) mass is 269 g/mol. The number of carbonyl (C=O) groups excluding carboxylic acids is 1. The van der Waals surface area contributed by atoms with Crippen molar-refractivity contribution in [2.24, 2.45) is 0 Å². The Bertz CT molecular complexity index is 369. The third kappa shape index (κ3) is 5.92. The average Bonchev–Trinajstić information content (AvgIpc) is 2.35. The van der Waals surface area contributed by atoms with Gasteiger partial charge in [0.15, 0.2) is 0 Å². The molecule has 1 N–H and O–H groups in total. The topological polar surface area (TPSA) is 38.3 Å². The molecule has 18 heavy (non-hydrogen) atoms. The van der Waals surface area contributed by atoms with Crippen molar-refractivity contribution < 1.29 is 9.53 Å². The smallest absolute Gasteiger partial charge is 0.221 e. The van der Waals surface area contributed by atoms with E-state index in [4.69, 9.17) is 16.3 Å². The van der Waals surface area contributed by atoms with E-state index in [-0.39, 0.29) is 5.91 Å². The van der Waals surface area contributed by atoms with Crippen LogP contribution in [-0.4, -0.2) is 18.4 Å². The summed E-state index contributed by atoms with van der Waals surface area (Å²) in [6.45, 7) is 2.15. The Hall–Kier alpha value is -1.22. The first-order chi connectivity index (χ1) is 8.74. The zero-order valence-corrected chi connectivity index (χ0v) is 11.5. The van der Waals surface area contributed by atoms with E-state index in [9.17, 15) is 4.79 Å². The fourth-order valence-electron chi connectivity index (χ4n) is 1.62. The van der Waals surface area contributed by atoms with Crippen molar-refractivity contribution in [3.8, 4) is 5.75 Å².